The van der Waals surface area contributed by atoms with E-state index in [1.165, 1.54) is 17.7 Å². The van der Waals surface area contributed by atoms with Crippen molar-refractivity contribution in [3.63, 3.8) is 0 Å². The van der Waals surface area contributed by atoms with Gasteiger partial charge in [0.05, 0.1) is 7.11 Å². The zero-order chi connectivity index (χ0) is 22.5. The van der Waals surface area contributed by atoms with Gasteiger partial charge in [-0.2, -0.15) is 0 Å². The highest BCUT2D eigenvalue weighted by Gasteiger charge is 2.37. The minimum Gasteiger partial charge on any atom is -0.497 e. The van der Waals surface area contributed by atoms with Gasteiger partial charge in [0.25, 0.3) is 5.91 Å². The Bertz CT molecular complexity index is 978. The second kappa shape index (κ2) is 10.1. The Morgan fingerprint density at radius 3 is 2.72 bits per heavy atom. The first-order chi connectivity index (χ1) is 15.5. The maximum absolute atomic E-state index is 12.8. The number of fused-ring (bicyclic) bond motifs is 1. The Morgan fingerprint density at radius 2 is 1.97 bits per heavy atom. The van der Waals surface area contributed by atoms with Gasteiger partial charge in [0.1, 0.15) is 11.8 Å². The van der Waals surface area contributed by atoms with Crippen molar-refractivity contribution in [2.45, 2.75) is 69.9 Å². The molecule has 1 saturated heterocycles. The predicted molar refractivity (Wildman–Crippen MR) is 121 cm³/mol. The summed E-state index contributed by atoms with van der Waals surface area (Å²) in [6, 6.07) is 5.00. The number of imide groups is 1. The van der Waals surface area contributed by atoms with Gasteiger partial charge in [-0.15, -0.1) is 0 Å². The number of carbonyl (C=O) groups is 3. The van der Waals surface area contributed by atoms with Crippen LogP contribution >= 0.6 is 0 Å². The van der Waals surface area contributed by atoms with E-state index in [0.29, 0.717) is 19.4 Å². The summed E-state index contributed by atoms with van der Waals surface area (Å²) in [7, 11) is 1.62. The summed E-state index contributed by atoms with van der Waals surface area (Å²) >= 11 is 0. The Balaban J connectivity index is 1.28. The van der Waals surface area contributed by atoms with Crippen LogP contribution in [0.25, 0.3) is 10.9 Å². The van der Waals surface area contributed by atoms with E-state index in [9.17, 15) is 14.4 Å². The number of ether oxygens (including phenoxy) is 1. The van der Waals surface area contributed by atoms with Gasteiger partial charge in [0.15, 0.2) is 0 Å². The Morgan fingerprint density at radius 1 is 1.19 bits per heavy atom. The third-order valence-corrected chi connectivity index (χ3v) is 6.57. The lowest BCUT2D eigenvalue weighted by Crippen LogP contribution is -2.36. The third-order valence-electron chi connectivity index (χ3n) is 6.57. The number of rotatable bonds is 8. The second-order valence-electron chi connectivity index (χ2n) is 8.76. The molecule has 2 aliphatic rings. The number of carbonyl (C=O) groups excluding carboxylic acids is 3. The van der Waals surface area contributed by atoms with Crippen molar-refractivity contribution in [1.82, 2.24) is 20.5 Å². The van der Waals surface area contributed by atoms with E-state index in [1.54, 1.807) is 7.11 Å². The van der Waals surface area contributed by atoms with E-state index < -0.39 is 6.04 Å². The minimum atomic E-state index is -0.634. The van der Waals surface area contributed by atoms with Gasteiger partial charge in [0.2, 0.25) is 5.91 Å². The molecule has 1 aliphatic carbocycles. The van der Waals surface area contributed by atoms with Crippen molar-refractivity contribution < 1.29 is 19.1 Å². The monoisotopic (exact) mass is 440 g/mol. The molecule has 1 saturated carbocycles. The maximum atomic E-state index is 12.8. The fourth-order valence-corrected chi connectivity index (χ4v) is 4.71. The highest BCUT2D eigenvalue weighted by molar-refractivity contribution is 6.04. The number of nitrogens with one attached hydrogen (secondary N) is 3. The number of hydrogen-bond donors (Lipinski definition) is 3. The largest absolute Gasteiger partial charge is 0.497 e. The van der Waals surface area contributed by atoms with E-state index in [2.05, 4.69) is 15.6 Å². The number of hydrogen-bond acceptors (Lipinski definition) is 4. The fourth-order valence-electron chi connectivity index (χ4n) is 4.71. The van der Waals surface area contributed by atoms with Crippen LogP contribution in [0.15, 0.2) is 24.4 Å². The molecule has 8 heteroatoms. The van der Waals surface area contributed by atoms with E-state index in [0.717, 1.165) is 47.9 Å². The van der Waals surface area contributed by atoms with Gasteiger partial charge >= 0.3 is 6.03 Å². The summed E-state index contributed by atoms with van der Waals surface area (Å²) < 4.78 is 5.30. The third kappa shape index (κ3) is 5.06. The first-order valence-corrected chi connectivity index (χ1v) is 11.6. The predicted octanol–water partition coefficient (Wildman–Crippen LogP) is 3.26. The molecule has 0 radical (unpaired) electrons. The van der Waals surface area contributed by atoms with Crippen molar-refractivity contribution in [2.75, 3.05) is 13.7 Å². The van der Waals surface area contributed by atoms with Crippen LogP contribution in [0.1, 0.15) is 56.9 Å². The summed E-state index contributed by atoms with van der Waals surface area (Å²) in [5.74, 6) is 0.468. The number of urea groups is 1. The van der Waals surface area contributed by atoms with E-state index >= 15 is 0 Å². The summed E-state index contributed by atoms with van der Waals surface area (Å²) in [5.41, 5.74) is 2.00. The first-order valence-electron chi connectivity index (χ1n) is 11.6. The maximum Gasteiger partial charge on any atom is 0.324 e. The molecule has 32 heavy (non-hydrogen) atoms. The number of nitrogens with zero attached hydrogens (tertiary/aromatic N) is 1. The lowest BCUT2D eigenvalue weighted by molar-refractivity contribution is -0.127. The molecule has 1 aromatic carbocycles. The summed E-state index contributed by atoms with van der Waals surface area (Å²) in [5, 5.41) is 6.85. The lowest BCUT2D eigenvalue weighted by atomic mass is 10.1. The van der Waals surface area contributed by atoms with Gasteiger partial charge in [-0.1, -0.05) is 25.7 Å². The van der Waals surface area contributed by atoms with E-state index in [4.69, 9.17) is 4.74 Å². The molecular formula is C24H32N4O4. The molecule has 2 fully saturated rings. The molecular weight excluding hydrogens is 408 g/mol. The minimum absolute atomic E-state index is 0.0369. The Labute approximate surface area is 188 Å². The molecule has 172 valence electrons. The van der Waals surface area contributed by atoms with Crippen molar-refractivity contribution in [2.24, 2.45) is 0 Å². The van der Waals surface area contributed by atoms with Crippen molar-refractivity contribution in [3.05, 3.63) is 30.0 Å². The topological polar surface area (TPSA) is 104 Å². The quantitative estimate of drug-likeness (QED) is 0.433. The molecule has 2 heterocycles. The van der Waals surface area contributed by atoms with Crippen LogP contribution in [-0.2, 0) is 16.0 Å². The van der Waals surface area contributed by atoms with Crippen LogP contribution < -0.4 is 15.4 Å². The van der Waals surface area contributed by atoms with E-state index in [1.807, 2.05) is 24.4 Å². The number of methoxy groups -OCH3 is 1. The van der Waals surface area contributed by atoms with Crippen LogP contribution in [0.2, 0.25) is 0 Å². The SMILES string of the molecule is COc1ccc2[nH]cc(CCN3C(=O)NC(CCC(=O)NC4CCCCCC4)C3=O)c2c1. The molecule has 0 spiro atoms. The molecule has 2 aromatic rings. The number of aromatic nitrogens is 1. The number of H-pyrrole nitrogens is 1. The molecule has 1 aliphatic heterocycles. The normalized spacial score (nSPS) is 19.8. The molecule has 4 amide bonds. The average molecular weight is 441 g/mol. The van der Waals surface area contributed by atoms with Crippen LogP contribution in [-0.4, -0.2) is 53.5 Å². The van der Waals surface area contributed by atoms with Crippen LogP contribution in [0.5, 0.6) is 5.75 Å². The van der Waals surface area contributed by atoms with Crippen LogP contribution in [0.3, 0.4) is 0 Å². The molecule has 0 bridgehead atoms. The van der Waals surface area contributed by atoms with Gasteiger partial charge in [-0.05, 0) is 49.4 Å². The number of amides is 4. The summed E-state index contributed by atoms with van der Waals surface area (Å²) in [4.78, 5) is 42.0. The molecule has 4 rings (SSSR count). The lowest BCUT2D eigenvalue weighted by Gasteiger charge is -2.17. The Hall–Kier alpha value is -3.03. The van der Waals surface area contributed by atoms with Crippen LogP contribution in [0, 0.1) is 0 Å². The fraction of sp³-hybridized carbons (Fsp3) is 0.542. The average Bonchev–Trinajstić information content (AvgIpc) is 3.18. The van der Waals surface area contributed by atoms with Crippen molar-refractivity contribution in [1.29, 1.82) is 0 Å². The van der Waals surface area contributed by atoms with Gasteiger partial charge in [-0.25, -0.2) is 4.79 Å². The summed E-state index contributed by atoms with van der Waals surface area (Å²) in [6.07, 6.45) is 9.83. The smallest absolute Gasteiger partial charge is 0.324 e. The van der Waals surface area contributed by atoms with Gasteiger partial charge in [-0.3, -0.25) is 14.5 Å². The van der Waals surface area contributed by atoms with Crippen molar-refractivity contribution in [3.8, 4) is 5.75 Å². The Kier molecular flexibility index (Phi) is 6.97. The standard InChI is InChI=1S/C24H32N4O4/c1-32-18-8-9-20-19(14-18)16(15-25-20)12-13-28-23(30)21(27-24(28)31)10-11-22(29)26-17-6-4-2-3-5-7-17/h8-9,14-15,17,21,25H,2-7,10-13H2,1H3,(H,26,29)(H,27,31). The number of benzene rings is 1. The van der Waals surface area contributed by atoms with Crippen LogP contribution in [0.4, 0.5) is 4.79 Å². The summed E-state index contributed by atoms with van der Waals surface area (Å²) in [6.45, 7) is 0.291. The van der Waals surface area contributed by atoms with Gasteiger partial charge in [0, 0.05) is 36.1 Å². The zero-order valence-corrected chi connectivity index (χ0v) is 18.6. The molecule has 1 aromatic heterocycles. The van der Waals surface area contributed by atoms with Crippen molar-refractivity contribution >= 4 is 28.7 Å². The highest BCUT2D eigenvalue weighted by atomic mass is 16.5. The van der Waals surface area contributed by atoms with E-state index in [-0.39, 0.29) is 30.3 Å². The molecule has 1 unspecified atom stereocenters. The van der Waals surface area contributed by atoms with Gasteiger partial charge < -0.3 is 20.4 Å². The molecule has 1 atom stereocenters. The second-order valence-corrected chi connectivity index (χ2v) is 8.76. The molecule has 3 N–H and O–H groups in total. The molecule has 8 nitrogen and oxygen atoms in total. The highest BCUT2D eigenvalue weighted by Crippen LogP contribution is 2.24. The number of aromatic amines is 1. The first kappa shape index (κ1) is 22.2. The zero-order valence-electron chi connectivity index (χ0n) is 18.6.